The van der Waals surface area contributed by atoms with Gasteiger partial charge in [-0.2, -0.15) is 0 Å². The summed E-state index contributed by atoms with van der Waals surface area (Å²) in [5.41, 5.74) is 10.7. The van der Waals surface area contributed by atoms with Gasteiger partial charge in [0.25, 0.3) is 0 Å². The summed E-state index contributed by atoms with van der Waals surface area (Å²) in [7, 11) is 0. The summed E-state index contributed by atoms with van der Waals surface area (Å²) >= 11 is 0. The zero-order valence-electron chi connectivity index (χ0n) is 7.62. The second-order valence-electron chi connectivity index (χ2n) is 3.05. The number of anilines is 1. The van der Waals surface area contributed by atoms with Gasteiger partial charge in [0, 0.05) is 17.3 Å². The molecule has 0 unspecified atom stereocenters. The third-order valence-electron chi connectivity index (χ3n) is 1.89. The van der Waals surface area contributed by atoms with Gasteiger partial charge >= 0.3 is 5.97 Å². The van der Waals surface area contributed by atoms with Crippen molar-refractivity contribution in [1.29, 1.82) is 0 Å². The molecule has 0 aliphatic rings. The van der Waals surface area contributed by atoms with Crippen LogP contribution in [0.5, 0.6) is 0 Å². The highest BCUT2D eigenvalue weighted by Gasteiger charge is 2.14. The van der Waals surface area contributed by atoms with Gasteiger partial charge in [-0.25, -0.2) is 9.18 Å². The van der Waals surface area contributed by atoms with Crippen molar-refractivity contribution in [3.8, 4) is 0 Å². The Balaban J connectivity index is 3.34. The topological polar surface area (TPSA) is 89.3 Å². The average molecular weight is 198 g/mol. The van der Waals surface area contributed by atoms with Crippen LogP contribution in [0, 0.1) is 5.82 Å². The van der Waals surface area contributed by atoms with Crippen molar-refractivity contribution in [1.82, 2.24) is 0 Å². The fourth-order valence-electron chi connectivity index (χ4n) is 1.14. The molecule has 1 atom stereocenters. The Morgan fingerprint density at radius 2 is 2.14 bits per heavy atom. The highest BCUT2D eigenvalue weighted by atomic mass is 19.1. The molecule has 1 aromatic rings. The second kappa shape index (κ2) is 3.63. The molecule has 0 saturated carbocycles. The van der Waals surface area contributed by atoms with Gasteiger partial charge in [-0.05, 0) is 19.1 Å². The predicted octanol–water partition coefficient (Wildman–Crippen LogP) is 1.13. The molecule has 0 amide bonds. The molecule has 0 saturated heterocycles. The van der Waals surface area contributed by atoms with Crippen molar-refractivity contribution in [2.24, 2.45) is 5.73 Å². The monoisotopic (exact) mass is 198 g/mol. The number of carbonyl (C=O) groups is 1. The molecular weight excluding hydrogens is 187 g/mol. The number of halogens is 1. The highest BCUT2D eigenvalue weighted by molar-refractivity contribution is 5.93. The molecule has 0 aliphatic heterocycles. The molecule has 5 N–H and O–H groups in total. The maximum atomic E-state index is 13.2. The minimum Gasteiger partial charge on any atom is -0.478 e. The number of carboxylic acid groups (broad SMARTS) is 1. The number of benzene rings is 1. The first-order valence-corrected chi connectivity index (χ1v) is 4.01. The van der Waals surface area contributed by atoms with Crippen LogP contribution in [0.3, 0.4) is 0 Å². The Morgan fingerprint density at radius 3 is 2.57 bits per heavy atom. The average Bonchev–Trinajstić information content (AvgIpc) is 2.02. The van der Waals surface area contributed by atoms with Gasteiger partial charge in [-0.15, -0.1) is 0 Å². The molecule has 76 valence electrons. The summed E-state index contributed by atoms with van der Waals surface area (Å²) in [4.78, 5) is 10.7. The number of carboxylic acids is 1. The number of hydrogen-bond acceptors (Lipinski definition) is 3. The lowest BCUT2D eigenvalue weighted by Gasteiger charge is -2.09. The van der Waals surface area contributed by atoms with Gasteiger partial charge < -0.3 is 16.6 Å². The SMILES string of the molecule is C[C@@H](N)c1cc(C(=O)O)c(N)cc1F. The molecule has 0 fully saturated rings. The van der Waals surface area contributed by atoms with Crippen LogP contribution in [0.4, 0.5) is 10.1 Å². The Hall–Kier alpha value is -1.62. The Kier molecular flexibility index (Phi) is 2.71. The fourth-order valence-corrected chi connectivity index (χ4v) is 1.14. The molecule has 0 bridgehead atoms. The van der Waals surface area contributed by atoms with Crippen LogP contribution in [0.2, 0.25) is 0 Å². The number of nitrogens with two attached hydrogens (primary N) is 2. The zero-order chi connectivity index (χ0) is 10.9. The molecule has 4 nitrogen and oxygen atoms in total. The Bertz CT molecular complexity index is 377. The lowest BCUT2D eigenvalue weighted by molar-refractivity contribution is 0.0698. The Labute approximate surface area is 80.3 Å². The fraction of sp³-hybridized carbons (Fsp3) is 0.222. The number of hydrogen-bond donors (Lipinski definition) is 3. The van der Waals surface area contributed by atoms with E-state index in [1.54, 1.807) is 6.92 Å². The van der Waals surface area contributed by atoms with E-state index >= 15 is 0 Å². The van der Waals surface area contributed by atoms with E-state index < -0.39 is 17.8 Å². The van der Waals surface area contributed by atoms with E-state index in [1.165, 1.54) is 0 Å². The lowest BCUT2D eigenvalue weighted by Crippen LogP contribution is -2.11. The van der Waals surface area contributed by atoms with Crippen LogP contribution in [0.25, 0.3) is 0 Å². The summed E-state index contributed by atoms with van der Waals surface area (Å²) in [5, 5.41) is 8.72. The van der Waals surface area contributed by atoms with E-state index in [1.807, 2.05) is 0 Å². The molecule has 0 spiro atoms. The van der Waals surface area contributed by atoms with Crippen molar-refractivity contribution in [3.05, 3.63) is 29.1 Å². The third kappa shape index (κ3) is 1.82. The summed E-state index contributed by atoms with van der Waals surface area (Å²) in [6.45, 7) is 1.57. The quantitative estimate of drug-likeness (QED) is 0.621. The molecular formula is C9H11FN2O2. The van der Waals surface area contributed by atoms with Crippen molar-refractivity contribution in [3.63, 3.8) is 0 Å². The van der Waals surface area contributed by atoms with E-state index in [9.17, 15) is 9.18 Å². The maximum Gasteiger partial charge on any atom is 0.337 e. The van der Waals surface area contributed by atoms with Gasteiger partial charge in [0.2, 0.25) is 0 Å². The number of rotatable bonds is 2. The van der Waals surface area contributed by atoms with Crippen molar-refractivity contribution < 1.29 is 14.3 Å². The minimum atomic E-state index is -1.19. The molecule has 1 rings (SSSR count). The van der Waals surface area contributed by atoms with Crippen LogP contribution in [0.15, 0.2) is 12.1 Å². The van der Waals surface area contributed by atoms with Gasteiger partial charge in [0.15, 0.2) is 0 Å². The van der Waals surface area contributed by atoms with Crippen LogP contribution >= 0.6 is 0 Å². The van der Waals surface area contributed by atoms with E-state index in [-0.39, 0.29) is 16.8 Å². The van der Waals surface area contributed by atoms with Crippen LogP contribution in [-0.4, -0.2) is 11.1 Å². The smallest absolute Gasteiger partial charge is 0.337 e. The molecule has 5 heteroatoms. The standard InChI is InChI=1S/C9H11FN2O2/c1-4(11)5-2-6(9(13)14)8(12)3-7(5)10/h2-4H,11-12H2,1H3,(H,13,14)/t4-/m1/s1. The van der Waals surface area contributed by atoms with Crippen LogP contribution in [0.1, 0.15) is 28.9 Å². The molecule has 1 aromatic carbocycles. The minimum absolute atomic E-state index is 0.0978. The molecule has 0 radical (unpaired) electrons. The largest absolute Gasteiger partial charge is 0.478 e. The number of aromatic carboxylic acids is 1. The Morgan fingerprint density at radius 1 is 1.57 bits per heavy atom. The summed E-state index contributed by atoms with van der Waals surface area (Å²) in [6.07, 6.45) is 0. The summed E-state index contributed by atoms with van der Waals surface area (Å²) in [6, 6.07) is 1.58. The van der Waals surface area contributed by atoms with Crippen LogP contribution in [-0.2, 0) is 0 Å². The highest BCUT2D eigenvalue weighted by Crippen LogP contribution is 2.21. The van der Waals surface area contributed by atoms with Gasteiger partial charge in [0.05, 0.1) is 5.56 Å². The van der Waals surface area contributed by atoms with Gasteiger partial charge in [0.1, 0.15) is 5.82 Å². The molecule has 0 aromatic heterocycles. The first-order chi connectivity index (χ1) is 6.43. The van der Waals surface area contributed by atoms with Gasteiger partial charge in [-0.1, -0.05) is 0 Å². The number of nitrogen functional groups attached to an aromatic ring is 1. The molecule has 0 heterocycles. The predicted molar refractivity (Wildman–Crippen MR) is 50.4 cm³/mol. The molecule has 14 heavy (non-hydrogen) atoms. The normalized spacial score (nSPS) is 12.5. The zero-order valence-corrected chi connectivity index (χ0v) is 7.62. The van der Waals surface area contributed by atoms with Crippen molar-refractivity contribution in [2.45, 2.75) is 13.0 Å². The van der Waals surface area contributed by atoms with Gasteiger partial charge in [-0.3, -0.25) is 0 Å². The van der Waals surface area contributed by atoms with E-state index in [0.717, 1.165) is 12.1 Å². The third-order valence-corrected chi connectivity index (χ3v) is 1.89. The maximum absolute atomic E-state index is 13.2. The first kappa shape index (κ1) is 10.5. The van der Waals surface area contributed by atoms with E-state index in [4.69, 9.17) is 16.6 Å². The summed E-state index contributed by atoms with van der Waals surface area (Å²) < 4.78 is 13.2. The molecule has 0 aliphatic carbocycles. The first-order valence-electron chi connectivity index (χ1n) is 4.01. The second-order valence-corrected chi connectivity index (χ2v) is 3.05. The lowest BCUT2D eigenvalue weighted by atomic mass is 10.0. The van der Waals surface area contributed by atoms with Crippen molar-refractivity contribution in [2.75, 3.05) is 5.73 Å². The van der Waals surface area contributed by atoms with E-state index in [0.29, 0.717) is 0 Å². The summed E-state index contributed by atoms with van der Waals surface area (Å²) in [5.74, 6) is -1.77. The van der Waals surface area contributed by atoms with Crippen LogP contribution < -0.4 is 11.5 Å². The van der Waals surface area contributed by atoms with E-state index in [2.05, 4.69) is 0 Å². The van der Waals surface area contributed by atoms with Crippen molar-refractivity contribution >= 4 is 11.7 Å².